The van der Waals surface area contributed by atoms with Crippen LogP contribution in [0.3, 0.4) is 0 Å². The number of nitro groups is 1. The van der Waals surface area contributed by atoms with E-state index in [1.54, 1.807) is 12.1 Å². The largest absolute Gasteiger partial charge is 0.452 e. The predicted molar refractivity (Wildman–Crippen MR) is 94.6 cm³/mol. The van der Waals surface area contributed by atoms with Crippen LogP contribution in [0.1, 0.15) is 10.4 Å². The first-order valence-electron chi connectivity index (χ1n) is 7.06. The molecule has 0 unspecified atom stereocenters. The van der Waals surface area contributed by atoms with Crippen LogP contribution in [0.4, 0.5) is 17.1 Å². The van der Waals surface area contributed by atoms with E-state index in [4.69, 9.17) is 10.5 Å². The Morgan fingerprint density at radius 1 is 1.28 bits per heavy atom. The Kier molecular flexibility index (Phi) is 5.96. The maximum atomic E-state index is 12.0. The van der Waals surface area contributed by atoms with Gasteiger partial charge in [-0.05, 0) is 24.5 Å². The molecule has 0 bridgehead atoms. The molecule has 9 heteroatoms. The number of nitrogens with zero attached hydrogens (tertiary/aromatic N) is 1. The molecule has 0 aliphatic heterocycles. The summed E-state index contributed by atoms with van der Waals surface area (Å²) < 4.78 is 4.91. The van der Waals surface area contributed by atoms with E-state index in [-0.39, 0.29) is 16.9 Å². The normalized spacial score (nSPS) is 10.1. The third kappa shape index (κ3) is 4.70. The number of carbonyl (C=O) groups excluding carboxylic acids is 2. The van der Waals surface area contributed by atoms with E-state index in [9.17, 15) is 19.7 Å². The average molecular weight is 361 g/mol. The number of anilines is 2. The molecule has 2 aromatic rings. The van der Waals surface area contributed by atoms with Gasteiger partial charge in [0.2, 0.25) is 0 Å². The van der Waals surface area contributed by atoms with Gasteiger partial charge in [0.05, 0.1) is 21.9 Å². The predicted octanol–water partition coefficient (Wildman–Crippen LogP) is 2.69. The highest BCUT2D eigenvalue weighted by Gasteiger charge is 2.17. The third-order valence-corrected chi connectivity index (χ3v) is 3.98. The van der Waals surface area contributed by atoms with Gasteiger partial charge in [-0.3, -0.25) is 14.9 Å². The van der Waals surface area contributed by atoms with Crippen molar-refractivity contribution < 1.29 is 19.2 Å². The van der Waals surface area contributed by atoms with Crippen molar-refractivity contribution in [2.45, 2.75) is 4.90 Å². The number of esters is 1. The van der Waals surface area contributed by atoms with Crippen molar-refractivity contribution >= 4 is 40.7 Å². The summed E-state index contributed by atoms with van der Waals surface area (Å²) in [6.07, 6.45) is 1.88. The van der Waals surface area contributed by atoms with Crippen molar-refractivity contribution in [3.05, 3.63) is 58.1 Å². The highest BCUT2D eigenvalue weighted by Crippen LogP contribution is 2.24. The van der Waals surface area contributed by atoms with Gasteiger partial charge < -0.3 is 15.8 Å². The van der Waals surface area contributed by atoms with Crippen LogP contribution >= 0.6 is 11.8 Å². The molecule has 2 rings (SSSR count). The molecule has 130 valence electrons. The fraction of sp³-hybridized carbons (Fsp3) is 0.125. The second kappa shape index (κ2) is 8.15. The van der Waals surface area contributed by atoms with Crippen molar-refractivity contribution in [3.63, 3.8) is 0 Å². The van der Waals surface area contributed by atoms with Gasteiger partial charge in [0.15, 0.2) is 6.61 Å². The second-order valence-corrected chi connectivity index (χ2v) is 5.70. The van der Waals surface area contributed by atoms with Gasteiger partial charge in [0.25, 0.3) is 11.6 Å². The summed E-state index contributed by atoms with van der Waals surface area (Å²) in [4.78, 5) is 34.8. The number of nitrogens with one attached hydrogen (secondary N) is 1. The number of amides is 1. The Morgan fingerprint density at radius 3 is 2.64 bits per heavy atom. The molecular weight excluding hydrogens is 346 g/mol. The number of hydrogen-bond acceptors (Lipinski definition) is 7. The summed E-state index contributed by atoms with van der Waals surface area (Å²) in [5.74, 6) is -1.34. The summed E-state index contributed by atoms with van der Waals surface area (Å²) in [7, 11) is 0. The molecule has 0 spiro atoms. The Labute approximate surface area is 147 Å². The summed E-state index contributed by atoms with van der Waals surface area (Å²) >= 11 is 1.47. The van der Waals surface area contributed by atoms with Gasteiger partial charge in [-0.15, -0.1) is 11.8 Å². The minimum atomic E-state index is -0.833. The average Bonchev–Trinajstić information content (AvgIpc) is 2.60. The minimum absolute atomic E-state index is 0.0390. The quantitative estimate of drug-likeness (QED) is 0.266. The molecule has 0 heterocycles. The molecule has 0 fully saturated rings. The number of nitro benzene ring substituents is 1. The summed E-state index contributed by atoms with van der Waals surface area (Å²) in [6.45, 7) is -0.502. The third-order valence-electron chi connectivity index (χ3n) is 3.18. The number of rotatable bonds is 6. The standard InChI is InChI=1S/C16H15N3O5S/c1-25-14-5-3-2-4-13(14)18-15(20)9-24-16(21)11-7-6-10(19(22)23)8-12(11)17/h2-8H,9,17H2,1H3,(H,18,20). The molecule has 0 radical (unpaired) electrons. The zero-order chi connectivity index (χ0) is 18.4. The number of nitrogens with two attached hydrogens (primary N) is 1. The molecular formula is C16H15N3O5S. The van der Waals surface area contributed by atoms with Gasteiger partial charge in [-0.2, -0.15) is 0 Å². The van der Waals surface area contributed by atoms with Crippen LogP contribution < -0.4 is 11.1 Å². The van der Waals surface area contributed by atoms with Crippen molar-refractivity contribution in [1.82, 2.24) is 0 Å². The van der Waals surface area contributed by atoms with Crippen LogP contribution in [0.15, 0.2) is 47.4 Å². The van der Waals surface area contributed by atoms with Crippen molar-refractivity contribution in [3.8, 4) is 0 Å². The fourth-order valence-electron chi connectivity index (χ4n) is 1.99. The number of ether oxygens (including phenoxy) is 1. The summed E-state index contributed by atoms with van der Waals surface area (Å²) in [5, 5.41) is 13.3. The van der Waals surface area contributed by atoms with Crippen LogP contribution in [-0.4, -0.2) is 29.7 Å². The first-order valence-corrected chi connectivity index (χ1v) is 8.28. The zero-order valence-corrected chi connectivity index (χ0v) is 14.0. The molecule has 8 nitrogen and oxygen atoms in total. The Bertz CT molecular complexity index is 825. The summed E-state index contributed by atoms with van der Waals surface area (Å²) in [5.41, 5.74) is 5.87. The molecule has 0 aliphatic carbocycles. The van der Waals surface area contributed by atoms with Gasteiger partial charge >= 0.3 is 5.97 Å². The maximum Gasteiger partial charge on any atom is 0.340 e. The monoisotopic (exact) mass is 361 g/mol. The molecule has 0 saturated heterocycles. The SMILES string of the molecule is CSc1ccccc1NC(=O)COC(=O)c1ccc([N+](=O)[O-])cc1N. The number of para-hydroxylation sites is 1. The maximum absolute atomic E-state index is 12.0. The van der Waals surface area contributed by atoms with Gasteiger partial charge in [0, 0.05) is 17.0 Å². The lowest BCUT2D eigenvalue weighted by molar-refractivity contribution is -0.384. The Balaban J connectivity index is 1.97. The highest BCUT2D eigenvalue weighted by atomic mass is 32.2. The fourth-order valence-corrected chi connectivity index (χ4v) is 2.55. The van der Waals surface area contributed by atoms with Crippen LogP contribution in [-0.2, 0) is 9.53 Å². The minimum Gasteiger partial charge on any atom is -0.452 e. The van der Waals surface area contributed by atoms with Crippen LogP contribution in [0.25, 0.3) is 0 Å². The highest BCUT2D eigenvalue weighted by molar-refractivity contribution is 7.98. The lowest BCUT2D eigenvalue weighted by atomic mass is 10.1. The van der Waals surface area contributed by atoms with E-state index in [1.807, 2.05) is 18.4 Å². The van der Waals surface area contributed by atoms with Gasteiger partial charge in [0.1, 0.15) is 0 Å². The Morgan fingerprint density at radius 2 is 2.00 bits per heavy atom. The first kappa shape index (κ1) is 18.3. The van der Waals surface area contributed by atoms with E-state index < -0.39 is 23.4 Å². The number of non-ortho nitro benzene ring substituents is 1. The van der Waals surface area contributed by atoms with Gasteiger partial charge in [-0.25, -0.2) is 4.79 Å². The first-order chi connectivity index (χ1) is 11.9. The second-order valence-electron chi connectivity index (χ2n) is 4.85. The topological polar surface area (TPSA) is 125 Å². The van der Waals surface area contributed by atoms with E-state index >= 15 is 0 Å². The molecule has 25 heavy (non-hydrogen) atoms. The smallest absolute Gasteiger partial charge is 0.340 e. The number of carbonyl (C=O) groups is 2. The molecule has 2 aromatic carbocycles. The van der Waals surface area contributed by atoms with Crippen molar-refractivity contribution in [1.29, 1.82) is 0 Å². The molecule has 1 amide bonds. The van der Waals surface area contributed by atoms with E-state index in [0.717, 1.165) is 17.0 Å². The molecule has 0 saturated carbocycles. The summed E-state index contributed by atoms with van der Waals surface area (Å²) in [6, 6.07) is 10.6. The lowest BCUT2D eigenvalue weighted by Crippen LogP contribution is -2.21. The Hall–Kier alpha value is -3.07. The van der Waals surface area contributed by atoms with Gasteiger partial charge in [-0.1, -0.05) is 12.1 Å². The van der Waals surface area contributed by atoms with Crippen LogP contribution in [0.5, 0.6) is 0 Å². The van der Waals surface area contributed by atoms with E-state index in [0.29, 0.717) is 5.69 Å². The number of hydrogen-bond donors (Lipinski definition) is 2. The molecule has 0 aromatic heterocycles. The van der Waals surface area contributed by atoms with Crippen LogP contribution in [0, 0.1) is 10.1 Å². The van der Waals surface area contributed by atoms with Crippen molar-refractivity contribution in [2.24, 2.45) is 0 Å². The number of benzene rings is 2. The molecule has 3 N–H and O–H groups in total. The molecule has 0 atom stereocenters. The van der Waals surface area contributed by atoms with Crippen LogP contribution in [0.2, 0.25) is 0 Å². The van der Waals surface area contributed by atoms with Crippen molar-refractivity contribution in [2.75, 3.05) is 23.9 Å². The van der Waals surface area contributed by atoms with E-state index in [2.05, 4.69) is 5.32 Å². The lowest BCUT2D eigenvalue weighted by Gasteiger charge is -2.10. The number of nitrogen functional groups attached to an aromatic ring is 1. The number of thioether (sulfide) groups is 1. The molecule has 0 aliphatic rings. The van der Waals surface area contributed by atoms with E-state index in [1.165, 1.54) is 17.8 Å². The zero-order valence-electron chi connectivity index (χ0n) is 13.2.